The summed E-state index contributed by atoms with van der Waals surface area (Å²) in [5.41, 5.74) is -4.25. The Kier molecular flexibility index (Phi) is 5.28. The van der Waals surface area contributed by atoms with Gasteiger partial charge in [-0.25, -0.2) is 8.42 Å². The Balaban J connectivity index is 1.99. The Hall–Kier alpha value is -2.35. The molecule has 0 aliphatic carbocycles. The van der Waals surface area contributed by atoms with Gasteiger partial charge >= 0.3 is 5.51 Å². The highest BCUT2D eigenvalue weighted by molar-refractivity contribution is 7.92. The molecule has 2 aromatic rings. The first-order valence-electron chi connectivity index (χ1n) is 6.95. The normalized spacial score (nSPS) is 12.0. The summed E-state index contributed by atoms with van der Waals surface area (Å²) < 4.78 is 59.8. The summed E-state index contributed by atoms with van der Waals surface area (Å²) in [6.45, 7) is 0.353. The molecule has 0 aliphatic heterocycles. The monoisotopic (exact) mass is 357 g/mol. The average Bonchev–Trinajstić information content (AvgIpc) is 2.55. The number of halogens is 3. The van der Waals surface area contributed by atoms with Gasteiger partial charge in [0.15, 0.2) is 0 Å². The molecule has 0 aliphatic rings. The van der Waals surface area contributed by atoms with Gasteiger partial charge in [-0.3, -0.25) is 4.79 Å². The number of rotatable bonds is 5. The number of benzene rings is 2. The fraction of sp³-hybridized carbons (Fsp3) is 0.188. The van der Waals surface area contributed by atoms with E-state index in [1.54, 1.807) is 0 Å². The predicted molar refractivity (Wildman–Crippen MR) is 82.2 cm³/mol. The lowest BCUT2D eigenvalue weighted by molar-refractivity contribution is -0.0436. The van der Waals surface area contributed by atoms with Gasteiger partial charge in [-0.15, -0.1) is 0 Å². The summed E-state index contributed by atoms with van der Waals surface area (Å²) in [6.07, 6.45) is 0.604. The summed E-state index contributed by atoms with van der Waals surface area (Å²) in [7, 11) is -5.40. The summed E-state index contributed by atoms with van der Waals surface area (Å²) in [6, 6.07) is 13.1. The Bertz CT molecular complexity index is 801. The lowest BCUT2D eigenvalue weighted by Crippen LogP contribution is -2.26. The molecule has 0 atom stereocenters. The van der Waals surface area contributed by atoms with Gasteiger partial charge in [0.05, 0.1) is 4.90 Å². The maximum Gasteiger partial charge on any atom is 0.501 e. The van der Waals surface area contributed by atoms with Crippen molar-refractivity contribution in [2.75, 3.05) is 6.54 Å². The fourth-order valence-corrected chi connectivity index (χ4v) is 2.75. The van der Waals surface area contributed by atoms with E-state index in [0.29, 0.717) is 13.0 Å². The van der Waals surface area contributed by atoms with Crippen LogP contribution in [-0.2, 0) is 16.3 Å². The van der Waals surface area contributed by atoms with Crippen molar-refractivity contribution in [3.63, 3.8) is 0 Å². The van der Waals surface area contributed by atoms with Crippen LogP contribution in [0.1, 0.15) is 15.9 Å². The minimum absolute atomic E-state index is 0.0872. The number of hydrogen-bond donors (Lipinski definition) is 1. The second kappa shape index (κ2) is 7.04. The van der Waals surface area contributed by atoms with E-state index in [2.05, 4.69) is 5.32 Å². The minimum Gasteiger partial charge on any atom is -0.352 e. The van der Waals surface area contributed by atoms with Crippen molar-refractivity contribution in [3.8, 4) is 0 Å². The van der Waals surface area contributed by atoms with E-state index in [4.69, 9.17) is 0 Å². The number of amides is 1. The van der Waals surface area contributed by atoms with Crippen molar-refractivity contribution in [3.05, 3.63) is 65.7 Å². The molecule has 2 aromatic carbocycles. The molecule has 128 valence electrons. The van der Waals surface area contributed by atoms with E-state index in [-0.39, 0.29) is 5.56 Å². The van der Waals surface area contributed by atoms with Crippen molar-refractivity contribution < 1.29 is 26.4 Å². The van der Waals surface area contributed by atoms with Gasteiger partial charge in [-0.2, -0.15) is 13.2 Å². The quantitative estimate of drug-likeness (QED) is 0.895. The van der Waals surface area contributed by atoms with E-state index in [9.17, 15) is 26.4 Å². The van der Waals surface area contributed by atoms with Crippen LogP contribution in [0.15, 0.2) is 59.5 Å². The first kappa shape index (κ1) is 18.0. The number of alkyl halides is 3. The first-order valence-corrected chi connectivity index (χ1v) is 8.43. The van der Waals surface area contributed by atoms with Gasteiger partial charge < -0.3 is 5.32 Å². The molecule has 24 heavy (non-hydrogen) atoms. The fourth-order valence-electron chi connectivity index (χ4n) is 1.99. The molecule has 0 bridgehead atoms. The molecule has 0 saturated heterocycles. The number of nitrogens with one attached hydrogen (secondary N) is 1. The molecule has 1 N–H and O–H groups in total. The third kappa shape index (κ3) is 4.14. The first-order chi connectivity index (χ1) is 11.2. The second-order valence-electron chi connectivity index (χ2n) is 4.97. The van der Waals surface area contributed by atoms with Crippen molar-refractivity contribution in [2.45, 2.75) is 16.8 Å². The van der Waals surface area contributed by atoms with Crippen molar-refractivity contribution in [1.82, 2.24) is 5.32 Å². The molecule has 1 amide bonds. The van der Waals surface area contributed by atoms with Gasteiger partial charge in [0.1, 0.15) is 0 Å². The van der Waals surface area contributed by atoms with Crippen LogP contribution in [0.25, 0.3) is 0 Å². The Morgan fingerprint density at radius 3 is 2.08 bits per heavy atom. The average molecular weight is 357 g/mol. The van der Waals surface area contributed by atoms with Crippen LogP contribution >= 0.6 is 0 Å². The lowest BCUT2D eigenvalue weighted by atomic mass is 10.1. The molecule has 0 unspecified atom stereocenters. The molecular weight excluding hydrogens is 343 g/mol. The third-order valence-electron chi connectivity index (χ3n) is 3.27. The van der Waals surface area contributed by atoms with E-state index in [1.807, 2.05) is 30.3 Å². The number of hydrogen-bond acceptors (Lipinski definition) is 3. The molecule has 0 aromatic heterocycles. The molecule has 0 saturated carbocycles. The zero-order chi connectivity index (χ0) is 17.8. The van der Waals surface area contributed by atoms with Gasteiger partial charge in [0.2, 0.25) is 0 Å². The zero-order valence-corrected chi connectivity index (χ0v) is 13.2. The predicted octanol–water partition coefficient (Wildman–Crippen LogP) is 2.95. The second-order valence-corrected chi connectivity index (χ2v) is 6.91. The number of sulfone groups is 1. The SMILES string of the molecule is O=C(NCCc1ccccc1)c1ccc(S(=O)(=O)C(F)(F)F)cc1. The molecule has 2 rings (SSSR count). The van der Waals surface area contributed by atoms with E-state index >= 15 is 0 Å². The van der Waals surface area contributed by atoms with Gasteiger partial charge in [-0.05, 0) is 36.2 Å². The van der Waals surface area contributed by atoms with Crippen LogP contribution in [-0.4, -0.2) is 26.4 Å². The van der Waals surface area contributed by atoms with E-state index in [0.717, 1.165) is 29.8 Å². The van der Waals surface area contributed by atoms with Crippen molar-refractivity contribution in [2.24, 2.45) is 0 Å². The van der Waals surface area contributed by atoms with Crippen molar-refractivity contribution in [1.29, 1.82) is 0 Å². The van der Waals surface area contributed by atoms with Crippen molar-refractivity contribution >= 4 is 15.7 Å². The standard InChI is InChI=1S/C16H14F3NO3S/c17-16(18,19)24(22,23)14-8-6-13(7-9-14)15(21)20-11-10-12-4-2-1-3-5-12/h1-9H,10-11H2,(H,20,21). The largest absolute Gasteiger partial charge is 0.501 e. The third-order valence-corrected chi connectivity index (χ3v) is 4.78. The van der Waals surface area contributed by atoms with E-state index < -0.39 is 26.1 Å². The molecule has 0 fully saturated rings. The van der Waals surface area contributed by atoms with E-state index in [1.165, 1.54) is 0 Å². The summed E-state index contributed by atoms with van der Waals surface area (Å²) in [4.78, 5) is 11.0. The highest BCUT2D eigenvalue weighted by Gasteiger charge is 2.46. The molecular formula is C16H14F3NO3S. The Labute approximate surface area is 137 Å². The molecule has 8 heteroatoms. The van der Waals surface area contributed by atoms with Gasteiger partial charge in [0.25, 0.3) is 15.7 Å². The topological polar surface area (TPSA) is 63.2 Å². The molecule has 0 spiro atoms. The highest BCUT2D eigenvalue weighted by Crippen LogP contribution is 2.30. The number of carbonyl (C=O) groups excluding carboxylic acids is 1. The maximum atomic E-state index is 12.4. The van der Waals surface area contributed by atoms with Crippen LogP contribution < -0.4 is 5.32 Å². The summed E-state index contributed by atoms with van der Waals surface area (Å²) in [5, 5.41) is 2.63. The minimum atomic E-state index is -5.40. The van der Waals surface area contributed by atoms with Gasteiger partial charge in [0, 0.05) is 12.1 Å². The smallest absolute Gasteiger partial charge is 0.352 e. The Morgan fingerprint density at radius 1 is 0.958 bits per heavy atom. The van der Waals surface area contributed by atoms with Crippen LogP contribution in [0, 0.1) is 0 Å². The highest BCUT2D eigenvalue weighted by atomic mass is 32.2. The maximum absolute atomic E-state index is 12.4. The molecule has 4 nitrogen and oxygen atoms in total. The van der Waals surface area contributed by atoms with Crippen LogP contribution in [0.3, 0.4) is 0 Å². The lowest BCUT2D eigenvalue weighted by Gasteiger charge is -2.09. The number of carbonyl (C=O) groups is 1. The zero-order valence-electron chi connectivity index (χ0n) is 12.4. The molecule has 0 heterocycles. The molecule has 0 radical (unpaired) electrons. The van der Waals surface area contributed by atoms with Crippen LogP contribution in [0.5, 0.6) is 0 Å². The van der Waals surface area contributed by atoms with Crippen LogP contribution in [0.4, 0.5) is 13.2 Å². The summed E-state index contributed by atoms with van der Waals surface area (Å²) >= 11 is 0. The van der Waals surface area contributed by atoms with Gasteiger partial charge in [-0.1, -0.05) is 30.3 Å². The Morgan fingerprint density at radius 2 is 1.54 bits per heavy atom. The summed E-state index contributed by atoms with van der Waals surface area (Å²) in [5.74, 6) is -0.484. The van der Waals surface area contributed by atoms with Crippen LogP contribution in [0.2, 0.25) is 0 Å².